The van der Waals surface area contributed by atoms with E-state index in [0.717, 1.165) is 22.5 Å². The highest BCUT2D eigenvalue weighted by molar-refractivity contribution is 9.10. The van der Waals surface area contributed by atoms with E-state index >= 15 is 0 Å². The van der Waals surface area contributed by atoms with Crippen molar-refractivity contribution in [3.8, 4) is 11.5 Å². The summed E-state index contributed by atoms with van der Waals surface area (Å²) in [6, 6.07) is 4.91. The minimum atomic E-state index is 0.124. The second-order valence-electron chi connectivity index (χ2n) is 6.93. The van der Waals surface area contributed by atoms with Crippen LogP contribution in [0.25, 0.3) is 0 Å². The Kier molecular flexibility index (Phi) is 8.40. The molecule has 2 rings (SSSR count). The molecule has 1 saturated carbocycles. The molecule has 1 aromatic carbocycles. The first-order valence-corrected chi connectivity index (χ1v) is 10.2. The van der Waals surface area contributed by atoms with Gasteiger partial charge in [-0.3, -0.25) is 0 Å². The molecule has 24 heavy (non-hydrogen) atoms. The van der Waals surface area contributed by atoms with Crippen LogP contribution >= 0.6 is 15.9 Å². The van der Waals surface area contributed by atoms with Crippen molar-refractivity contribution in [2.24, 2.45) is 0 Å². The summed E-state index contributed by atoms with van der Waals surface area (Å²) in [5, 5.41) is 3.75. The number of rotatable bonds is 7. The van der Waals surface area contributed by atoms with Gasteiger partial charge in [0, 0.05) is 12.6 Å². The van der Waals surface area contributed by atoms with E-state index in [2.05, 4.69) is 33.4 Å². The molecule has 1 fully saturated rings. The molecule has 1 N–H and O–H groups in total. The van der Waals surface area contributed by atoms with Crippen molar-refractivity contribution in [3.05, 3.63) is 22.2 Å². The summed E-state index contributed by atoms with van der Waals surface area (Å²) in [5.74, 6) is 1.64. The molecule has 1 aromatic rings. The molecule has 0 spiro atoms. The molecular weight excluding hydrogens is 366 g/mol. The van der Waals surface area contributed by atoms with Gasteiger partial charge < -0.3 is 14.8 Å². The second kappa shape index (κ2) is 10.3. The minimum absolute atomic E-state index is 0.124. The molecule has 1 aliphatic carbocycles. The summed E-state index contributed by atoms with van der Waals surface area (Å²) in [6.45, 7) is 7.59. The van der Waals surface area contributed by atoms with Crippen LogP contribution in [-0.4, -0.2) is 18.8 Å². The molecule has 0 radical (unpaired) electrons. The van der Waals surface area contributed by atoms with Crippen LogP contribution in [0.5, 0.6) is 11.5 Å². The van der Waals surface area contributed by atoms with E-state index < -0.39 is 0 Å². The van der Waals surface area contributed by atoms with E-state index in [1.807, 2.05) is 20.8 Å². The van der Waals surface area contributed by atoms with Gasteiger partial charge in [-0.2, -0.15) is 0 Å². The standard InChI is InChI=1S/C20H32BrNO2/c1-4-23-19-13-16(12-18(21)20(19)24-15(2)3)14-22-17-10-8-6-5-7-9-11-17/h12-13,15,17,22H,4-11,14H2,1-3H3. The first kappa shape index (κ1) is 19.6. The van der Waals surface area contributed by atoms with E-state index in [4.69, 9.17) is 9.47 Å². The maximum Gasteiger partial charge on any atom is 0.175 e. The molecule has 1 aliphatic rings. The average Bonchev–Trinajstić information content (AvgIpc) is 2.49. The van der Waals surface area contributed by atoms with Crippen LogP contribution in [-0.2, 0) is 6.54 Å². The molecule has 3 nitrogen and oxygen atoms in total. The third kappa shape index (κ3) is 6.29. The molecule has 0 bridgehead atoms. The Morgan fingerprint density at radius 2 is 1.79 bits per heavy atom. The first-order chi connectivity index (χ1) is 11.6. The predicted molar refractivity (Wildman–Crippen MR) is 104 cm³/mol. The number of benzene rings is 1. The zero-order chi connectivity index (χ0) is 17.4. The van der Waals surface area contributed by atoms with Crippen LogP contribution in [0.4, 0.5) is 0 Å². The molecule has 0 aliphatic heterocycles. The van der Waals surface area contributed by atoms with Crippen molar-refractivity contribution >= 4 is 15.9 Å². The first-order valence-electron chi connectivity index (χ1n) is 9.45. The van der Waals surface area contributed by atoms with Crippen LogP contribution in [0.15, 0.2) is 16.6 Å². The van der Waals surface area contributed by atoms with Crippen molar-refractivity contribution < 1.29 is 9.47 Å². The lowest BCUT2D eigenvalue weighted by Crippen LogP contribution is -2.29. The SMILES string of the molecule is CCOc1cc(CNC2CCCCCCC2)cc(Br)c1OC(C)C. The normalized spacial score (nSPS) is 16.7. The van der Waals surface area contributed by atoms with E-state index in [1.165, 1.54) is 50.5 Å². The van der Waals surface area contributed by atoms with Crippen LogP contribution in [0.2, 0.25) is 0 Å². The number of halogens is 1. The largest absolute Gasteiger partial charge is 0.490 e. The van der Waals surface area contributed by atoms with E-state index in [1.54, 1.807) is 0 Å². The molecule has 0 heterocycles. The third-order valence-corrected chi connectivity index (χ3v) is 5.01. The number of hydrogen-bond acceptors (Lipinski definition) is 3. The van der Waals surface area contributed by atoms with Crippen molar-refractivity contribution in [3.63, 3.8) is 0 Å². The van der Waals surface area contributed by atoms with Gasteiger partial charge in [-0.05, 0) is 67.2 Å². The van der Waals surface area contributed by atoms with Crippen LogP contribution in [0.1, 0.15) is 71.3 Å². The Hall–Kier alpha value is -0.740. The molecule has 4 heteroatoms. The Bertz CT molecular complexity index is 497. The van der Waals surface area contributed by atoms with Crippen molar-refractivity contribution in [1.29, 1.82) is 0 Å². The average molecular weight is 398 g/mol. The zero-order valence-electron chi connectivity index (χ0n) is 15.4. The zero-order valence-corrected chi connectivity index (χ0v) is 17.0. The molecular formula is C20H32BrNO2. The maximum absolute atomic E-state index is 5.92. The summed E-state index contributed by atoms with van der Waals surface area (Å²) >= 11 is 3.65. The number of hydrogen-bond donors (Lipinski definition) is 1. The molecule has 0 amide bonds. The van der Waals surface area contributed by atoms with Crippen molar-refractivity contribution in [1.82, 2.24) is 5.32 Å². The van der Waals surface area contributed by atoms with Gasteiger partial charge in [0.25, 0.3) is 0 Å². The highest BCUT2D eigenvalue weighted by Gasteiger charge is 2.15. The van der Waals surface area contributed by atoms with Gasteiger partial charge in [-0.15, -0.1) is 0 Å². The van der Waals surface area contributed by atoms with Crippen molar-refractivity contribution in [2.45, 2.75) is 84.4 Å². The lowest BCUT2D eigenvalue weighted by molar-refractivity contribution is 0.222. The third-order valence-electron chi connectivity index (χ3n) is 4.42. The van der Waals surface area contributed by atoms with Gasteiger partial charge >= 0.3 is 0 Å². The molecule has 0 unspecified atom stereocenters. The van der Waals surface area contributed by atoms with Gasteiger partial charge in [0.2, 0.25) is 0 Å². The summed E-state index contributed by atoms with van der Waals surface area (Å²) < 4.78 is 12.7. The van der Waals surface area contributed by atoms with Gasteiger partial charge in [-0.1, -0.05) is 32.1 Å². The van der Waals surface area contributed by atoms with Gasteiger partial charge in [-0.25, -0.2) is 0 Å². The molecule has 136 valence electrons. The summed E-state index contributed by atoms with van der Waals surface area (Å²) in [5.41, 5.74) is 1.24. The number of ether oxygens (including phenoxy) is 2. The lowest BCUT2D eigenvalue weighted by atomic mass is 9.96. The predicted octanol–water partition coefficient (Wildman–Crippen LogP) is 5.84. The fourth-order valence-electron chi connectivity index (χ4n) is 3.26. The monoisotopic (exact) mass is 397 g/mol. The Morgan fingerprint density at radius 3 is 2.42 bits per heavy atom. The van der Waals surface area contributed by atoms with Crippen LogP contribution in [0, 0.1) is 0 Å². The fraction of sp³-hybridized carbons (Fsp3) is 0.700. The van der Waals surface area contributed by atoms with Crippen LogP contribution in [0.3, 0.4) is 0 Å². The fourth-order valence-corrected chi connectivity index (χ4v) is 3.84. The molecule has 0 saturated heterocycles. The van der Waals surface area contributed by atoms with Gasteiger partial charge in [0.15, 0.2) is 11.5 Å². The maximum atomic E-state index is 5.92. The minimum Gasteiger partial charge on any atom is -0.490 e. The smallest absolute Gasteiger partial charge is 0.175 e. The quantitative estimate of drug-likeness (QED) is 0.626. The lowest BCUT2D eigenvalue weighted by Gasteiger charge is -2.22. The number of nitrogens with one attached hydrogen (secondary N) is 1. The highest BCUT2D eigenvalue weighted by atomic mass is 79.9. The Balaban J connectivity index is 2.03. The highest BCUT2D eigenvalue weighted by Crippen LogP contribution is 2.37. The van der Waals surface area contributed by atoms with Crippen LogP contribution < -0.4 is 14.8 Å². The van der Waals surface area contributed by atoms with Gasteiger partial charge in [0.1, 0.15) is 0 Å². The second-order valence-corrected chi connectivity index (χ2v) is 7.78. The Labute approximate surface area is 155 Å². The van der Waals surface area contributed by atoms with E-state index in [0.29, 0.717) is 12.6 Å². The van der Waals surface area contributed by atoms with E-state index in [-0.39, 0.29) is 6.10 Å². The topological polar surface area (TPSA) is 30.5 Å². The summed E-state index contributed by atoms with van der Waals surface area (Å²) in [4.78, 5) is 0. The molecule has 0 atom stereocenters. The summed E-state index contributed by atoms with van der Waals surface area (Å²) in [7, 11) is 0. The summed E-state index contributed by atoms with van der Waals surface area (Å²) in [6.07, 6.45) is 9.62. The van der Waals surface area contributed by atoms with Crippen molar-refractivity contribution in [2.75, 3.05) is 6.61 Å². The Morgan fingerprint density at radius 1 is 1.12 bits per heavy atom. The molecule has 0 aromatic heterocycles. The van der Waals surface area contributed by atoms with E-state index in [9.17, 15) is 0 Å². The van der Waals surface area contributed by atoms with Gasteiger partial charge in [0.05, 0.1) is 17.2 Å².